The van der Waals surface area contributed by atoms with Crippen LogP contribution in [-0.4, -0.2) is 65.1 Å². The second-order valence-corrected chi connectivity index (χ2v) is 18.1. The summed E-state index contributed by atoms with van der Waals surface area (Å²) in [4.78, 5) is 85.5. The highest BCUT2D eigenvalue weighted by atomic mass is 32.1. The van der Waals surface area contributed by atoms with E-state index < -0.39 is 59.4 Å². The molecule has 2 aromatic heterocycles. The van der Waals surface area contributed by atoms with E-state index in [9.17, 15) is 33.9 Å². The first-order valence-corrected chi connectivity index (χ1v) is 23.0. The van der Waals surface area contributed by atoms with Gasteiger partial charge < -0.3 is 25.8 Å². The molecule has 0 saturated heterocycles. The van der Waals surface area contributed by atoms with Gasteiger partial charge in [-0.1, -0.05) is 109 Å². The third-order valence-corrected chi connectivity index (χ3v) is 13.0. The van der Waals surface area contributed by atoms with Crippen LogP contribution >= 0.6 is 22.7 Å². The van der Waals surface area contributed by atoms with E-state index in [1.54, 1.807) is 48.5 Å². The van der Waals surface area contributed by atoms with E-state index in [2.05, 4.69) is 16.0 Å². The predicted octanol–water partition coefficient (Wildman–Crippen LogP) is 7.07. The molecule has 0 radical (unpaired) electrons. The fraction of sp³-hybridized carbons (Fsp3) is 0.255. The minimum atomic E-state index is -1.27. The number of carbonyl (C=O) groups excluding carboxylic acids is 5. The minimum absolute atomic E-state index is 0.0284. The number of ether oxygens (including phenoxy) is 1. The van der Waals surface area contributed by atoms with E-state index in [4.69, 9.17) is 4.74 Å². The lowest BCUT2D eigenvalue weighted by Gasteiger charge is -2.26. The number of carbonyl (C=O) groups is 6. The zero-order chi connectivity index (χ0) is 44.8. The smallest absolute Gasteiger partial charge is 0.326 e. The second kappa shape index (κ2) is 22.1. The number of hydrogen-bond acceptors (Lipinski definition) is 9. The molecule has 2 aliphatic rings. The Morgan fingerprint density at radius 1 is 0.641 bits per heavy atom. The van der Waals surface area contributed by atoms with Crippen LogP contribution < -0.4 is 20.7 Å². The van der Waals surface area contributed by atoms with E-state index in [1.807, 2.05) is 95.7 Å². The molecule has 3 amide bonds. The topological polar surface area (TPSA) is 168 Å². The summed E-state index contributed by atoms with van der Waals surface area (Å²) in [6.45, 7) is -0.298. The maximum atomic E-state index is 14.6. The van der Waals surface area contributed by atoms with E-state index in [-0.39, 0.29) is 57.3 Å². The fourth-order valence-corrected chi connectivity index (χ4v) is 9.30. The summed E-state index contributed by atoms with van der Waals surface area (Å²) in [5.74, 6) is -5.16. The quantitative estimate of drug-likeness (QED) is 0.101. The molecule has 2 aliphatic heterocycles. The van der Waals surface area contributed by atoms with E-state index >= 15 is 0 Å². The van der Waals surface area contributed by atoms with Crippen molar-refractivity contribution in [1.82, 2.24) is 16.0 Å². The zero-order valence-corrected chi connectivity index (χ0v) is 36.7. The third-order valence-electron chi connectivity index (χ3n) is 11.2. The monoisotopic (exact) mass is 895 g/mol. The molecule has 64 heavy (non-hydrogen) atoms. The molecule has 0 fully saturated rings. The lowest BCUT2D eigenvalue weighted by molar-refractivity contribution is -0.142. The number of ketones is 2. The lowest BCUT2D eigenvalue weighted by atomic mass is 9.89. The van der Waals surface area contributed by atoms with Crippen molar-refractivity contribution in [2.24, 2.45) is 11.8 Å². The van der Waals surface area contributed by atoms with Gasteiger partial charge in [0.25, 0.3) is 0 Å². The number of carboxylic acids is 1. The maximum absolute atomic E-state index is 14.6. The van der Waals surface area contributed by atoms with Crippen LogP contribution in [0.2, 0.25) is 0 Å². The van der Waals surface area contributed by atoms with Gasteiger partial charge in [-0.3, -0.25) is 24.0 Å². The molecule has 2 bridgehead atoms. The van der Waals surface area contributed by atoms with Crippen LogP contribution in [0.3, 0.4) is 0 Å². The first-order valence-electron chi connectivity index (χ1n) is 21.2. The molecular formula is C51H49N3O8S2. The Morgan fingerprint density at radius 2 is 1.27 bits per heavy atom. The molecule has 0 aliphatic carbocycles. The highest BCUT2D eigenvalue weighted by Gasteiger charge is 2.34. The normalized spacial score (nSPS) is 19.2. The van der Waals surface area contributed by atoms with Gasteiger partial charge in [-0.2, -0.15) is 0 Å². The van der Waals surface area contributed by atoms with Gasteiger partial charge in [-0.05, 0) is 75.7 Å². The lowest BCUT2D eigenvalue weighted by Crippen LogP contribution is -2.54. The Morgan fingerprint density at radius 3 is 1.91 bits per heavy atom. The van der Waals surface area contributed by atoms with Gasteiger partial charge >= 0.3 is 5.97 Å². The van der Waals surface area contributed by atoms with Crippen LogP contribution in [-0.2, 0) is 60.9 Å². The Kier molecular flexibility index (Phi) is 15.6. The van der Waals surface area contributed by atoms with Crippen molar-refractivity contribution in [3.05, 3.63) is 171 Å². The van der Waals surface area contributed by atoms with Crippen molar-refractivity contribution in [1.29, 1.82) is 0 Å². The Bertz CT molecular complexity index is 2490. The van der Waals surface area contributed by atoms with Gasteiger partial charge in [0.05, 0.1) is 6.04 Å². The third kappa shape index (κ3) is 12.9. The number of hydrogen-bond donors (Lipinski definition) is 4. The summed E-state index contributed by atoms with van der Waals surface area (Å²) in [6, 6.07) is 37.2. The summed E-state index contributed by atoms with van der Waals surface area (Å²) in [5.41, 5.74) is 4.13. The minimum Gasteiger partial charge on any atom is -0.486 e. The highest BCUT2D eigenvalue weighted by Crippen LogP contribution is 2.24. The molecule has 4 heterocycles. The Hall–Kier alpha value is -6.70. The van der Waals surface area contributed by atoms with Gasteiger partial charge in [0.1, 0.15) is 24.4 Å². The number of aliphatic carboxylic acids is 1. The Balaban J connectivity index is 1.21. The summed E-state index contributed by atoms with van der Waals surface area (Å²) < 4.78 is 5.86. The Labute approximate surface area is 379 Å². The van der Waals surface area contributed by atoms with Gasteiger partial charge in [0, 0.05) is 53.7 Å². The zero-order valence-electron chi connectivity index (χ0n) is 35.0. The average molecular weight is 896 g/mol. The first kappa shape index (κ1) is 45.3. The number of rotatable bonds is 12. The predicted molar refractivity (Wildman–Crippen MR) is 247 cm³/mol. The maximum Gasteiger partial charge on any atom is 0.326 e. The van der Waals surface area contributed by atoms with Crippen LogP contribution in [0, 0.1) is 11.8 Å². The standard InChI is InChI=1S/C51H49N3O8S2/c55-40-28-39(29-42-13-7-23-63-42)49(58)53-45(26-35-15-19-37(20-16-35)36-11-5-2-6-12-36)50(59)52-44(31-43-14-8-24-64-43)47(56)30-38(25-34-17-21-41(22-18-34)62-32-40)48(57)54-46(51(60)61)27-33-9-3-1-4-10-33/h1-24,38-39,44-46H,25-32H2,(H,52,59)(H,53,58)(H,54,57)(H,60,61)/t38-,39+,44+,45-,46-/m1/s1. The molecule has 6 aromatic rings. The first-order chi connectivity index (χ1) is 31.1. The van der Waals surface area contributed by atoms with Crippen LogP contribution in [0.4, 0.5) is 0 Å². The van der Waals surface area contributed by atoms with Crippen molar-refractivity contribution >= 4 is 57.9 Å². The van der Waals surface area contributed by atoms with E-state index in [1.165, 1.54) is 22.7 Å². The molecule has 328 valence electrons. The fourth-order valence-electron chi connectivity index (χ4n) is 7.76. The summed E-state index contributed by atoms with van der Waals surface area (Å²) in [5, 5.41) is 22.5. The largest absolute Gasteiger partial charge is 0.486 e. The van der Waals surface area contributed by atoms with Crippen molar-refractivity contribution in [2.45, 2.75) is 63.1 Å². The van der Waals surface area contributed by atoms with Gasteiger partial charge in [0.15, 0.2) is 11.6 Å². The average Bonchev–Trinajstić information content (AvgIpc) is 4.03. The molecule has 5 atom stereocenters. The SMILES string of the molecule is O=C1COc2ccc(cc2)C[C@@H](C(=O)N[C@H](Cc2ccccc2)C(=O)O)CC(=O)[C@H](Cc2cccs2)NC(=O)[C@@H](Cc2ccc(-c3ccccc3)cc2)NC(=O)[C@H](Cc2cccs2)C1. The number of nitrogens with one attached hydrogen (secondary N) is 3. The summed E-state index contributed by atoms with van der Waals surface area (Å²) in [6.07, 6.45) is 0.0911. The van der Waals surface area contributed by atoms with Crippen molar-refractivity contribution in [3.8, 4) is 16.9 Å². The van der Waals surface area contributed by atoms with Gasteiger partial charge in [-0.25, -0.2) is 4.79 Å². The second-order valence-electron chi connectivity index (χ2n) is 16.0. The summed E-state index contributed by atoms with van der Waals surface area (Å²) >= 11 is 2.88. The number of fused-ring (bicyclic) bond motifs is 16. The van der Waals surface area contributed by atoms with Crippen LogP contribution in [0.25, 0.3) is 11.1 Å². The molecule has 4 aromatic carbocycles. The molecule has 4 N–H and O–H groups in total. The summed E-state index contributed by atoms with van der Waals surface area (Å²) in [7, 11) is 0. The van der Waals surface area contributed by atoms with Gasteiger partial charge in [0.2, 0.25) is 17.7 Å². The molecule has 0 spiro atoms. The molecule has 13 heteroatoms. The van der Waals surface area contributed by atoms with Crippen molar-refractivity contribution in [2.75, 3.05) is 6.61 Å². The van der Waals surface area contributed by atoms with Crippen molar-refractivity contribution in [3.63, 3.8) is 0 Å². The van der Waals surface area contributed by atoms with Crippen LogP contribution in [0.5, 0.6) is 5.75 Å². The highest BCUT2D eigenvalue weighted by molar-refractivity contribution is 7.10. The van der Waals surface area contributed by atoms with Crippen LogP contribution in [0.1, 0.15) is 39.3 Å². The van der Waals surface area contributed by atoms with E-state index in [0.29, 0.717) is 16.9 Å². The molecule has 11 nitrogen and oxygen atoms in total. The van der Waals surface area contributed by atoms with Gasteiger partial charge in [-0.15, -0.1) is 22.7 Å². The number of thiophene rings is 2. The van der Waals surface area contributed by atoms with Crippen LogP contribution in [0.15, 0.2) is 144 Å². The molecular weight excluding hydrogens is 847 g/mol. The molecule has 8 rings (SSSR count). The number of amides is 3. The van der Waals surface area contributed by atoms with E-state index in [0.717, 1.165) is 26.4 Å². The molecule has 0 saturated carbocycles. The van der Waals surface area contributed by atoms with Crippen molar-refractivity contribution < 1.29 is 38.6 Å². The number of Topliss-reactive ketones (excluding diaryl/α,β-unsaturated/α-hetero) is 2. The molecule has 0 unspecified atom stereocenters. The number of carboxylic acid groups (broad SMARTS) is 1. The number of benzene rings is 4.